The predicted molar refractivity (Wildman–Crippen MR) is 74.6 cm³/mol. The average molecular weight is 312 g/mol. The van der Waals surface area contributed by atoms with E-state index < -0.39 is 0 Å². The highest BCUT2D eigenvalue weighted by Crippen LogP contribution is 2.24. The molecule has 1 fully saturated rings. The topological polar surface area (TPSA) is 49.3 Å². The molecule has 0 spiro atoms. The van der Waals surface area contributed by atoms with Crippen LogP contribution in [0.4, 0.5) is 0 Å². The van der Waals surface area contributed by atoms with Gasteiger partial charge in [0.2, 0.25) is 0 Å². The fourth-order valence-electron chi connectivity index (χ4n) is 2.46. The number of aliphatic hydroxyl groups is 1. The van der Waals surface area contributed by atoms with Crippen LogP contribution in [0.25, 0.3) is 0 Å². The van der Waals surface area contributed by atoms with Gasteiger partial charge in [-0.3, -0.25) is 4.79 Å². The van der Waals surface area contributed by atoms with Gasteiger partial charge in [0.05, 0.1) is 6.10 Å². The summed E-state index contributed by atoms with van der Waals surface area (Å²) in [6.07, 6.45) is 2.66. The Morgan fingerprint density at radius 2 is 2.28 bits per heavy atom. The molecule has 1 aromatic carbocycles. The molecule has 0 bridgehead atoms. The summed E-state index contributed by atoms with van der Waals surface area (Å²) in [5.74, 6) is 0.156. The smallest absolute Gasteiger partial charge is 0.251 e. The van der Waals surface area contributed by atoms with Crippen molar-refractivity contribution in [2.24, 2.45) is 5.92 Å². The number of nitrogens with one attached hydrogen (secondary N) is 1. The summed E-state index contributed by atoms with van der Waals surface area (Å²) in [7, 11) is 0. The van der Waals surface area contributed by atoms with Gasteiger partial charge in [0.1, 0.15) is 0 Å². The van der Waals surface area contributed by atoms with Crippen LogP contribution in [0.5, 0.6) is 0 Å². The van der Waals surface area contributed by atoms with E-state index in [1.165, 1.54) is 0 Å². The molecule has 0 saturated heterocycles. The molecule has 1 amide bonds. The first-order valence-electron chi connectivity index (χ1n) is 6.30. The van der Waals surface area contributed by atoms with Crippen molar-refractivity contribution in [2.45, 2.75) is 32.3 Å². The van der Waals surface area contributed by atoms with E-state index in [9.17, 15) is 9.90 Å². The van der Waals surface area contributed by atoms with Gasteiger partial charge in [-0.1, -0.05) is 22.4 Å². The van der Waals surface area contributed by atoms with Crippen LogP contribution in [-0.4, -0.2) is 23.7 Å². The predicted octanol–water partition coefficient (Wildman–Crippen LogP) is 2.65. The van der Waals surface area contributed by atoms with Crippen LogP contribution >= 0.6 is 15.9 Å². The summed E-state index contributed by atoms with van der Waals surface area (Å²) >= 11 is 3.38. The second-order valence-corrected chi connectivity index (χ2v) is 5.84. The molecule has 0 aromatic heterocycles. The summed E-state index contributed by atoms with van der Waals surface area (Å²) in [6, 6.07) is 5.62. The van der Waals surface area contributed by atoms with Gasteiger partial charge in [-0.25, -0.2) is 0 Å². The SMILES string of the molecule is Cc1cc(Br)ccc1C(=O)NCC1CCCC1O. The van der Waals surface area contributed by atoms with Crippen LogP contribution in [0, 0.1) is 12.8 Å². The summed E-state index contributed by atoms with van der Waals surface area (Å²) in [5, 5.41) is 12.6. The lowest BCUT2D eigenvalue weighted by molar-refractivity contribution is 0.0916. The number of carbonyl (C=O) groups is 1. The van der Waals surface area contributed by atoms with Crippen molar-refractivity contribution in [3.63, 3.8) is 0 Å². The number of amides is 1. The molecular formula is C14H18BrNO2. The number of rotatable bonds is 3. The van der Waals surface area contributed by atoms with Crippen molar-refractivity contribution in [1.82, 2.24) is 5.32 Å². The minimum absolute atomic E-state index is 0.0564. The van der Waals surface area contributed by atoms with E-state index in [4.69, 9.17) is 0 Å². The Balaban J connectivity index is 1.95. The van der Waals surface area contributed by atoms with Crippen LogP contribution < -0.4 is 5.32 Å². The van der Waals surface area contributed by atoms with Crippen LogP contribution in [0.1, 0.15) is 35.2 Å². The van der Waals surface area contributed by atoms with Gasteiger partial charge >= 0.3 is 0 Å². The summed E-state index contributed by atoms with van der Waals surface area (Å²) in [5.41, 5.74) is 1.65. The molecule has 2 unspecified atom stereocenters. The van der Waals surface area contributed by atoms with Gasteiger partial charge < -0.3 is 10.4 Å². The first kappa shape index (κ1) is 13.6. The monoisotopic (exact) mass is 311 g/mol. The van der Waals surface area contributed by atoms with E-state index in [2.05, 4.69) is 21.2 Å². The highest BCUT2D eigenvalue weighted by molar-refractivity contribution is 9.10. The van der Waals surface area contributed by atoms with Gasteiger partial charge in [0.25, 0.3) is 5.91 Å². The molecule has 4 heteroatoms. The van der Waals surface area contributed by atoms with Crippen LogP contribution in [0.15, 0.2) is 22.7 Å². The molecule has 1 saturated carbocycles. The van der Waals surface area contributed by atoms with E-state index >= 15 is 0 Å². The number of hydrogen-bond acceptors (Lipinski definition) is 2. The van der Waals surface area contributed by atoms with E-state index in [1.807, 2.05) is 25.1 Å². The van der Waals surface area contributed by atoms with Gasteiger partial charge in [-0.15, -0.1) is 0 Å². The van der Waals surface area contributed by atoms with E-state index in [0.717, 1.165) is 29.3 Å². The summed E-state index contributed by atoms with van der Waals surface area (Å²) in [6.45, 7) is 2.49. The van der Waals surface area contributed by atoms with E-state index in [-0.39, 0.29) is 17.9 Å². The lowest BCUT2D eigenvalue weighted by atomic mass is 10.1. The maximum atomic E-state index is 12.0. The maximum absolute atomic E-state index is 12.0. The maximum Gasteiger partial charge on any atom is 0.251 e. The Hall–Kier alpha value is -0.870. The van der Waals surface area contributed by atoms with Crippen molar-refractivity contribution >= 4 is 21.8 Å². The number of aryl methyl sites for hydroxylation is 1. The van der Waals surface area contributed by atoms with Crippen molar-refractivity contribution < 1.29 is 9.90 Å². The molecule has 0 aliphatic heterocycles. The average Bonchev–Trinajstić information content (AvgIpc) is 2.72. The Kier molecular flexibility index (Phi) is 4.40. The quantitative estimate of drug-likeness (QED) is 0.901. The third-order valence-corrected chi connectivity index (χ3v) is 4.07. The molecular weight excluding hydrogens is 294 g/mol. The van der Waals surface area contributed by atoms with Crippen molar-refractivity contribution in [1.29, 1.82) is 0 Å². The molecule has 98 valence electrons. The molecule has 1 aliphatic rings. The largest absolute Gasteiger partial charge is 0.393 e. The molecule has 2 atom stereocenters. The van der Waals surface area contributed by atoms with Gasteiger partial charge in [0.15, 0.2) is 0 Å². The van der Waals surface area contributed by atoms with E-state index in [0.29, 0.717) is 12.1 Å². The van der Waals surface area contributed by atoms with Crippen molar-refractivity contribution in [3.8, 4) is 0 Å². The third kappa shape index (κ3) is 3.12. The number of aliphatic hydroxyl groups excluding tert-OH is 1. The summed E-state index contributed by atoms with van der Waals surface area (Å²) in [4.78, 5) is 12.0. The molecule has 18 heavy (non-hydrogen) atoms. The molecule has 1 aliphatic carbocycles. The van der Waals surface area contributed by atoms with Crippen molar-refractivity contribution in [3.05, 3.63) is 33.8 Å². The number of hydrogen-bond donors (Lipinski definition) is 2. The first-order valence-corrected chi connectivity index (χ1v) is 7.09. The zero-order chi connectivity index (χ0) is 13.1. The second-order valence-electron chi connectivity index (χ2n) is 4.93. The fourth-order valence-corrected chi connectivity index (χ4v) is 2.93. The zero-order valence-corrected chi connectivity index (χ0v) is 12.0. The Morgan fingerprint density at radius 1 is 1.50 bits per heavy atom. The van der Waals surface area contributed by atoms with Crippen LogP contribution in [0.2, 0.25) is 0 Å². The standard InChI is InChI=1S/C14H18BrNO2/c1-9-7-11(15)5-6-12(9)14(18)16-8-10-3-2-4-13(10)17/h5-7,10,13,17H,2-4,8H2,1H3,(H,16,18). The Bertz CT molecular complexity index is 447. The highest BCUT2D eigenvalue weighted by atomic mass is 79.9. The molecule has 1 aromatic rings. The lowest BCUT2D eigenvalue weighted by Gasteiger charge is -2.15. The first-order chi connectivity index (χ1) is 8.58. The zero-order valence-electron chi connectivity index (χ0n) is 10.4. The molecule has 3 nitrogen and oxygen atoms in total. The normalized spacial score (nSPS) is 23.1. The second kappa shape index (κ2) is 5.85. The summed E-state index contributed by atoms with van der Waals surface area (Å²) < 4.78 is 0.975. The van der Waals surface area contributed by atoms with E-state index in [1.54, 1.807) is 0 Å². The highest BCUT2D eigenvalue weighted by Gasteiger charge is 2.25. The minimum atomic E-state index is -0.253. The Labute approximate surface area is 116 Å². The molecule has 2 rings (SSSR count). The molecule has 2 N–H and O–H groups in total. The number of carbonyl (C=O) groups excluding carboxylic acids is 1. The van der Waals surface area contributed by atoms with Gasteiger partial charge in [-0.05, 0) is 43.5 Å². The minimum Gasteiger partial charge on any atom is -0.393 e. The number of benzene rings is 1. The molecule has 0 radical (unpaired) electrons. The third-order valence-electron chi connectivity index (χ3n) is 3.58. The van der Waals surface area contributed by atoms with Crippen LogP contribution in [-0.2, 0) is 0 Å². The van der Waals surface area contributed by atoms with Crippen molar-refractivity contribution in [2.75, 3.05) is 6.54 Å². The lowest BCUT2D eigenvalue weighted by Crippen LogP contribution is -2.32. The van der Waals surface area contributed by atoms with Crippen LogP contribution in [0.3, 0.4) is 0 Å². The Morgan fingerprint density at radius 3 is 2.89 bits per heavy atom. The fraction of sp³-hybridized carbons (Fsp3) is 0.500. The number of halogens is 1. The van der Waals surface area contributed by atoms with Gasteiger partial charge in [0, 0.05) is 22.5 Å². The van der Waals surface area contributed by atoms with Gasteiger partial charge in [-0.2, -0.15) is 0 Å². The molecule has 0 heterocycles.